The molecule has 0 spiro atoms. The molecule has 138 valence electrons. The Morgan fingerprint density at radius 2 is 1.81 bits per heavy atom. The topological polar surface area (TPSA) is 44.8 Å². The van der Waals surface area contributed by atoms with E-state index in [4.69, 9.17) is 14.2 Å². The van der Waals surface area contributed by atoms with Crippen molar-refractivity contribution in [2.24, 2.45) is 0 Å². The second kappa shape index (κ2) is 7.99. The number of hydrogen-bond donors (Lipinski definition) is 0. The van der Waals surface area contributed by atoms with Crippen LogP contribution in [0.4, 0.5) is 8.78 Å². The minimum Gasteiger partial charge on any atom is -0.496 e. The molecule has 0 radical (unpaired) electrons. The smallest absolute Gasteiger partial charge is 0.426 e. The Hall–Kier alpha value is -2.89. The van der Waals surface area contributed by atoms with E-state index in [1.165, 1.54) is 50.4 Å². The van der Waals surface area contributed by atoms with Gasteiger partial charge >= 0.3 is 12.1 Å². The summed E-state index contributed by atoms with van der Waals surface area (Å²) in [5.41, 5.74) is 1.24. The molecule has 0 aliphatic rings. The van der Waals surface area contributed by atoms with Gasteiger partial charge in [-0.25, -0.2) is 4.79 Å². The maximum absolute atomic E-state index is 14.4. The Bertz CT molecular complexity index is 798. The summed E-state index contributed by atoms with van der Waals surface area (Å²) in [6, 6.07) is 9.86. The highest BCUT2D eigenvalue weighted by molar-refractivity contribution is 5.86. The standard InChI is InChI=1S/C20H20F2O4/c1-13(2)19(23)25-12-15-5-7-16(8-6-15)20(21,22)26-17-9-10-18(24-4)14(3)11-17/h5-11H,1,12H2,2-4H3. The SMILES string of the molecule is C=C(C)C(=O)OCc1ccc(C(F)(F)Oc2ccc(OC)c(C)c2)cc1. The number of carbonyl (C=O) groups is 1. The molecule has 6 heteroatoms. The summed E-state index contributed by atoms with van der Waals surface area (Å²) in [4.78, 5) is 11.3. The molecule has 0 saturated carbocycles. The van der Waals surface area contributed by atoms with Gasteiger partial charge in [0, 0.05) is 5.57 Å². The number of carbonyl (C=O) groups excluding carboxylic acids is 1. The molecule has 2 aromatic rings. The van der Waals surface area contributed by atoms with E-state index in [0.29, 0.717) is 16.9 Å². The summed E-state index contributed by atoms with van der Waals surface area (Å²) in [5.74, 6) is 0.0970. The van der Waals surface area contributed by atoms with Crippen molar-refractivity contribution in [1.82, 2.24) is 0 Å². The van der Waals surface area contributed by atoms with Crippen LogP contribution >= 0.6 is 0 Å². The molecular weight excluding hydrogens is 342 g/mol. The number of esters is 1. The molecule has 0 aromatic heterocycles. The summed E-state index contributed by atoms with van der Waals surface area (Å²) in [5, 5.41) is 0. The minimum atomic E-state index is -3.51. The van der Waals surface area contributed by atoms with Crippen molar-refractivity contribution in [2.75, 3.05) is 7.11 Å². The Balaban J connectivity index is 2.07. The van der Waals surface area contributed by atoms with Gasteiger partial charge in [-0.3, -0.25) is 0 Å². The van der Waals surface area contributed by atoms with Gasteiger partial charge in [-0.2, -0.15) is 8.78 Å². The predicted molar refractivity (Wildman–Crippen MR) is 93.3 cm³/mol. The van der Waals surface area contributed by atoms with Crippen molar-refractivity contribution in [2.45, 2.75) is 26.6 Å². The van der Waals surface area contributed by atoms with Crippen LogP contribution in [0.2, 0.25) is 0 Å². The lowest BCUT2D eigenvalue weighted by atomic mass is 10.1. The summed E-state index contributed by atoms with van der Waals surface area (Å²) in [7, 11) is 1.51. The number of ether oxygens (including phenoxy) is 3. The van der Waals surface area contributed by atoms with Gasteiger partial charge in [-0.1, -0.05) is 18.7 Å². The third kappa shape index (κ3) is 4.81. The number of halogens is 2. The van der Waals surface area contributed by atoms with Gasteiger partial charge < -0.3 is 14.2 Å². The zero-order valence-electron chi connectivity index (χ0n) is 14.8. The number of benzene rings is 2. The van der Waals surface area contributed by atoms with Crippen LogP contribution in [0.5, 0.6) is 11.5 Å². The van der Waals surface area contributed by atoms with E-state index in [1.54, 1.807) is 13.0 Å². The van der Waals surface area contributed by atoms with Gasteiger partial charge in [0.1, 0.15) is 18.1 Å². The zero-order valence-corrected chi connectivity index (χ0v) is 14.8. The fraction of sp³-hybridized carbons (Fsp3) is 0.250. The van der Waals surface area contributed by atoms with E-state index in [9.17, 15) is 13.6 Å². The first kappa shape index (κ1) is 19.4. The highest BCUT2D eigenvalue weighted by Crippen LogP contribution is 2.33. The lowest BCUT2D eigenvalue weighted by molar-refractivity contribution is -0.185. The second-order valence-corrected chi connectivity index (χ2v) is 5.80. The van der Waals surface area contributed by atoms with Crippen molar-refractivity contribution in [3.05, 3.63) is 71.3 Å². The maximum Gasteiger partial charge on any atom is 0.426 e. The van der Waals surface area contributed by atoms with Gasteiger partial charge in [0.2, 0.25) is 0 Å². The highest BCUT2D eigenvalue weighted by Gasteiger charge is 2.34. The zero-order chi connectivity index (χ0) is 19.3. The van der Waals surface area contributed by atoms with Crippen LogP contribution < -0.4 is 9.47 Å². The fourth-order valence-corrected chi connectivity index (χ4v) is 2.19. The quantitative estimate of drug-likeness (QED) is 0.527. The number of hydrogen-bond acceptors (Lipinski definition) is 4. The Morgan fingerprint density at radius 3 is 2.35 bits per heavy atom. The highest BCUT2D eigenvalue weighted by atomic mass is 19.3. The van der Waals surface area contributed by atoms with E-state index < -0.39 is 12.1 Å². The van der Waals surface area contributed by atoms with E-state index in [2.05, 4.69) is 6.58 Å². The van der Waals surface area contributed by atoms with E-state index in [1.807, 2.05) is 0 Å². The van der Waals surface area contributed by atoms with Gasteiger partial charge in [-0.15, -0.1) is 0 Å². The average Bonchev–Trinajstić information content (AvgIpc) is 2.59. The van der Waals surface area contributed by atoms with E-state index in [-0.39, 0.29) is 23.5 Å². The molecule has 0 saturated heterocycles. The normalized spacial score (nSPS) is 11.0. The molecule has 26 heavy (non-hydrogen) atoms. The molecule has 4 nitrogen and oxygen atoms in total. The van der Waals surface area contributed by atoms with Gasteiger partial charge in [0.15, 0.2) is 0 Å². The molecule has 2 aromatic carbocycles. The lowest BCUT2D eigenvalue weighted by Crippen LogP contribution is -2.22. The minimum absolute atomic E-state index is 0.0178. The monoisotopic (exact) mass is 362 g/mol. The van der Waals surface area contributed by atoms with E-state index in [0.717, 1.165) is 0 Å². The first-order valence-corrected chi connectivity index (χ1v) is 7.86. The molecule has 0 bridgehead atoms. The molecule has 0 N–H and O–H groups in total. The summed E-state index contributed by atoms with van der Waals surface area (Å²) in [6.45, 7) is 6.73. The van der Waals surface area contributed by atoms with Gasteiger partial charge in [0.25, 0.3) is 0 Å². The molecule has 0 atom stereocenters. The predicted octanol–water partition coefficient (Wildman–Crippen LogP) is 4.75. The van der Waals surface area contributed by atoms with Crippen LogP contribution in [0.3, 0.4) is 0 Å². The number of aryl methyl sites for hydroxylation is 1. The first-order chi connectivity index (χ1) is 12.2. The van der Waals surface area contributed by atoms with Crippen molar-refractivity contribution in [3.8, 4) is 11.5 Å². The van der Waals surface area contributed by atoms with Crippen LogP contribution in [-0.4, -0.2) is 13.1 Å². The molecule has 0 aliphatic heterocycles. The number of rotatable bonds is 7. The second-order valence-electron chi connectivity index (χ2n) is 5.80. The van der Waals surface area contributed by atoms with Crippen molar-refractivity contribution < 1.29 is 27.8 Å². The van der Waals surface area contributed by atoms with Gasteiger partial charge in [0.05, 0.1) is 12.7 Å². The third-order valence-electron chi connectivity index (χ3n) is 3.62. The number of methoxy groups -OCH3 is 1. The summed E-state index contributed by atoms with van der Waals surface area (Å²) < 4.78 is 43.6. The van der Waals surface area contributed by atoms with Crippen LogP contribution in [0.25, 0.3) is 0 Å². The number of alkyl halides is 2. The fourth-order valence-electron chi connectivity index (χ4n) is 2.19. The maximum atomic E-state index is 14.4. The van der Waals surface area contributed by atoms with E-state index >= 15 is 0 Å². The van der Waals surface area contributed by atoms with Crippen molar-refractivity contribution in [1.29, 1.82) is 0 Å². The summed E-state index contributed by atoms with van der Waals surface area (Å²) >= 11 is 0. The largest absolute Gasteiger partial charge is 0.496 e. The Labute approximate surface area is 151 Å². The van der Waals surface area contributed by atoms with Crippen molar-refractivity contribution in [3.63, 3.8) is 0 Å². The van der Waals surface area contributed by atoms with Gasteiger partial charge in [-0.05, 0) is 55.3 Å². The molecule has 0 amide bonds. The molecule has 0 aliphatic carbocycles. The van der Waals surface area contributed by atoms with Crippen LogP contribution in [0, 0.1) is 6.92 Å². The Morgan fingerprint density at radius 1 is 1.15 bits per heavy atom. The molecular formula is C20H20F2O4. The first-order valence-electron chi connectivity index (χ1n) is 7.86. The molecule has 0 unspecified atom stereocenters. The van der Waals surface area contributed by atoms with Crippen molar-refractivity contribution >= 4 is 5.97 Å². The Kier molecular flexibility index (Phi) is 5.97. The third-order valence-corrected chi connectivity index (χ3v) is 3.62. The molecule has 2 rings (SSSR count). The van der Waals surface area contributed by atoms with Crippen LogP contribution in [-0.2, 0) is 22.2 Å². The molecule has 0 heterocycles. The van der Waals surface area contributed by atoms with Crippen LogP contribution in [0.1, 0.15) is 23.6 Å². The lowest BCUT2D eigenvalue weighted by Gasteiger charge is -2.19. The summed E-state index contributed by atoms with van der Waals surface area (Å²) in [6.07, 6.45) is -3.51. The van der Waals surface area contributed by atoms with Crippen LogP contribution in [0.15, 0.2) is 54.6 Å². The average molecular weight is 362 g/mol. The molecule has 0 fully saturated rings.